The number of nitriles is 1. The molecule has 0 radical (unpaired) electrons. The van der Waals surface area contributed by atoms with E-state index >= 15 is 0 Å². The standard InChI is InChI=1S/C16H21N3/c1-19(2)18-16-6-4-3-5-15(16)11-13-7-9-14(12-17)10-8-13/h7-10,15H,3-6,11H2,1-2H3. The van der Waals surface area contributed by atoms with Gasteiger partial charge in [0.15, 0.2) is 0 Å². The lowest BCUT2D eigenvalue weighted by molar-refractivity contribution is 0.418. The van der Waals surface area contributed by atoms with Gasteiger partial charge in [-0.2, -0.15) is 10.4 Å². The van der Waals surface area contributed by atoms with Crippen molar-refractivity contribution in [2.75, 3.05) is 14.1 Å². The van der Waals surface area contributed by atoms with E-state index in [1.807, 2.05) is 31.2 Å². The predicted molar refractivity (Wildman–Crippen MR) is 77.9 cm³/mol. The van der Waals surface area contributed by atoms with Gasteiger partial charge in [0.25, 0.3) is 0 Å². The van der Waals surface area contributed by atoms with E-state index in [1.165, 1.54) is 30.5 Å². The van der Waals surface area contributed by atoms with Crippen molar-refractivity contribution < 1.29 is 0 Å². The second-order valence-corrected chi connectivity index (χ2v) is 5.39. The van der Waals surface area contributed by atoms with Crippen LogP contribution in [-0.4, -0.2) is 24.8 Å². The van der Waals surface area contributed by atoms with Gasteiger partial charge in [-0.05, 0) is 43.4 Å². The van der Waals surface area contributed by atoms with E-state index in [0.29, 0.717) is 5.92 Å². The zero-order chi connectivity index (χ0) is 13.7. The third-order valence-electron chi connectivity index (χ3n) is 3.60. The molecule has 3 heteroatoms. The predicted octanol–water partition coefficient (Wildman–Crippen LogP) is 3.21. The van der Waals surface area contributed by atoms with E-state index in [2.05, 4.69) is 23.3 Å². The fraction of sp³-hybridized carbons (Fsp3) is 0.500. The highest BCUT2D eigenvalue weighted by molar-refractivity contribution is 5.87. The fourth-order valence-electron chi connectivity index (χ4n) is 2.68. The van der Waals surface area contributed by atoms with Crippen LogP contribution in [0.5, 0.6) is 0 Å². The molecule has 1 saturated carbocycles. The first kappa shape index (κ1) is 13.6. The van der Waals surface area contributed by atoms with Gasteiger partial charge in [-0.15, -0.1) is 0 Å². The molecule has 0 N–H and O–H groups in total. The topological polar surface area (TPSA) is 39.4 Å². The minimum atomic E-state index is 0.559. The Labute approximate surface area is 115 Å². The van der Waals surface area contributed by atoms with Gasteiger partial charge in [0.05, 0.1) is 11.6 Å². The maximum Gasteiger partial charge on any atom is 0.0991 e. The Morgan fingerprint density at radius 2 is 2.00 bits per heavy atom. The highest BCUT2D eigenvalue weighted by Crippen LogP contribution is 2.25. The van der Waals surface area contributed by atoms with Crippen LogP contribution < -0.4 is 0 Å². The Bertz CT molecular complexity index is 480. The van der Waals surface area contributed by atoms with E-state index in [9.17, 15) is 0 Å². The van der Waals surface area contributed by atoms with Crippen LogP contribution in [0.2, 0.25) is 0 Å². The SMILES string of the molecule is CN(C)N=C1CCCCC1Cc1ccc(C#N)cc1. The summed E-state index contributed by atoms with van der Waals surface area (Å²) in [5, 5.41) is 15.4. The van der Waals surface area contributed by atoms with Gasteiger partial charge in [0.2, 0.25) is 0 Å². The molecule has 0 bridgehead atoms. The summed E-state index contributed by atoms with van der Waals surface area (Å²) in [6, 6.07) is 10.1. The third kappa shape index (κ3) is 3.82. The quantitative estimate of drug-likeness (QED) is 0.778. The number of benzene rings is 1. The maximum absolute atomic E-state index is 8.82. The van der Waals surface area contributed by atoms with Crippen LogP contribution in [0.1, 0.15) is 36.8 Å². The first-order chi connectivity index (χ1) is 9.19. The van der Waals surface area contributed by atoms with E-state index in [-0.39, 0.29) is 0 Å². The fourth-order valence-corrected chi connectivity index (χ4v) is 2.68. The molecule has 1 aromatic carbocycles. The molecule has 1 fully saturated rings. The minimum absolute atomic E-state index is 0.559. The summed E-state index contributed by atoms with van der Waals surface area (Å²) in [5.74, 6) is 0.559. The summed E-state index contributed by atoms with van der Waals surface area (Å²) in [5.41, 5.74) is 3.37. The molecule has 1 atom stereocenters. The average Bonchev–Trinajstić information content (AvgIpc) is 2.41. The molecule has 0 heterocycles. The molecule has 0 amide bonds. The Hall–Kier alpha value is -1.82. The smallest absolute Gasteiger partial charge is 0.0991 e. The van der Waals surface area contributed by atoms with Crippen LogP contribution in [0.4, 0.5) is 0 Å². The van der Waals surface area contributed by atoms with E-state index in [4.69, 9.17) is 5.26 Å². The molecule has 19 heavy (non-hydrogen) atoms. The van der Waals surface area contributed by atoms with E-state index < -0.39 is 0 Å². The lowest BCUT2D eigenvalue weighted by Crippen LogP contribution is -2.24. The van der Waals surface area contributed by atoms with Gasteiger partial charge < -0.3 is 5.01 Å². The normalized spacial score (nSPS) is 21.1. The number of rotatable bonds is 3. The summed E-state index contributed by atoms with van der Waals surface area (Å²) < 4.78 is 0. The second kappa shape index (κ2) is 6.38. The molecule has 1 unspecified atom stereocenters. The van der Waals surface area contributed by atoms with Gasteiger partial charge in [-0.25, -0.2) is 0 Å². The molecular formula is C16H21N3. The summed E-state index contributed by atoms with van der Waals surface area (Å²) in [6.45, 7) is 0. The van der Waals surface area contributed by atoms with Crippen molar-refractivity contribution in [1.29, 1.82) is 5.26 Å². The number of hydrogen-bond donors (Lipinski definition) is 0. The summed E-state index contributed by atoms with van der Waals surface area (Å²) >= 11 is 0. The van der Waals surface area contributed by atoms with Gasteiger partial charge in [0, 0.05) is 25.7 Å². The van der Waals surface area contributed by atoms with Gasteiger partial charge in [-0.3, -0.25) is 0 Å². The summed E-state index contributed by atoms with van der Waals surface area (Å²) in [7, 11) is 3.97. The number of hydrazone groups is 1. The Morgan fingerprint density at radius 1 is 1.26 bits per heavy atom. The Morgan fingerprint density at radius 3 is 2.63 bits per heavy atom. The highest BCUT2D eigenvalue weighted by atomic mass is 15.4. The molecule has 0 spiro atoms. The first-order valence-corrected chi connectivity index (χ1v) is 6.93. The Kier molecular flexibility index (Phi) is 4.57. The van der Waals surface area contributed by atoms with Crippen molar-refractivity contribution in [2.45, 2.75) is 32.1 Å². The first-order valence-electron chi connectivity index (χ1n) is 6.93. The van der Waals surface area contributed by atoms with Crippen molar-refractivity contribution >= 4 is 5.71 Å². The minimum Gasteiger partial charge on any atom is -0.303 e. The van der Waals surface area contributed by atoms with Crippen LogP contribution in [0.15, 0.2) is 29.4 Å². The van der Waals surface area contributed by atoms with Crippen LogP contribution in [-0.2, 0) is 6.42 Å². The maximum atomic E-state index is 8.82. The molecule has 0 aliphatic heterocycles. The van der Waals surface area contributed by atoms with Gasteiger partial charge >= 0.3 is 0 Å². The largest absolute Gasteiger partial charge is 0.303 e. The van der Waals surface area contributed by atoms with Crippen molar-refractivity contribution in [3.63, 3.8) is 0 Å². The van der Waals surface area contributed by atoms with E-state index in [1.54, 1.807) is 0 Å². The Balaban J connectivity index is 2.08. The molecule has 1 aliphatic carbocycles. The van der Waals surface area contributed by atoms with Crippen LogP contribution in [0, 0.1) is 17.2 Å². The van der Waals surface area contributed by atoms with E-state index in [0.717, 1.165) is 18.4 Å². The van der Waals surface area contributed by atoms with Crippen LogP contribution in [0.25, 0.3) is 0 Å². The lowest BCUT2D eigenvalue weighted by Gasteiger charge is -2.25. The van der Waals surface area contributed by atoms with Crippen molar-refractivity contribution in [1.82, 2.24) is 5.01 Å². The van der Waals surface area contributed by atoms with Crippen molar-refractivity contribution in [2.24, 2.45) is 11.0 Å². The third-order valence-corrected chi connectivity index (χ3v) is 3.60. The van der Waals surface area contributed by atoms with Gasteiger partial charge in [0.1, 0.15) is 0 Å². The molecule has 100 valence electrons. The molecule has 1 aromatic rings. The van der Waals surface area contributed by atoms with Crippen molar-refractivity contribution in [3.05, 3.63) is 35.4 Å². The second-order valence-electron chi connectivity index (χ2n) is 5.39. The zero-order valence-electron chi connectivity index (χ0n) is 11.8. The summed E-state index contributed by atoms with van der Waals surface area (Å²) in [4.78, 5) is 0. The highest BCUT2D eigenvalue weighted by Gasteiger charge is 2.21. The average molecular weight is 255 g/mol. The van der Waals surface area contributed by atoms with Crippen LogP contribution >= 0.6 is 0 Å². The lowest BCUT2D eigenvalue weighted by atomic mass is 9.83. The summed E-state index contributed by atoms with van der Waals surface area (Å²) in [6.07, 6.45) is 5.95. The number of nitrogens with zero attached hydrogens (tertiary/aromatic N) is 3. The van der Waals surface area contributed by atoms with Crippen molar-refractivity contribution in [3.8, 4) is 6.07 Å². The monoisotopic (exact) mass is 255 g/mol. The molecule has 0 saturated heterocycles. The molecule has 0 aromatic heterocycles. The zero-order valence-corrected chi connectivity index (χ0v) is 11.8. The molecule has 1 aliphatic rings. The van der Waals surface area contributed by atoms with Gasteiger partial charge in [-0.1, -0.05) is 18.6 Å². The molecule has 3 nitrogen and oxygen atoms in total. The van der Waals surface area contributed by atoms with Crippen LogP contribution in [0.3, 0.4) is 0 Å². The molecular weight excluding hydrogens is 234 g/mol. The molecule has 2 rings (SSSR count). The number of hydrogen-bond acceptors (Lipinski definition) is 3.